The second-order valence-corrected chi connectivity index (χ2v) is 4.45. The van der Waals surface area contributed by atoms with E-state index in [0.717, 1.165) is 0 Å². The molecule has 0 aliphatic heterocycles. The largest absolute Gasteiger partial charge is 0.504 e. The van der Waals surface area contributed by atoms with Crippen molar-refractivity contribution < 1.29 is 29.9 Å². The van der Waals surface area contributed by atoms with Gasteiger partial charge in [0, 0.05) is 5.56 Å². The molecule has 0 fully saturated rings. The summed E-state index contributed by atoms with van der Waals surface area (Å²) in [5, 5.41) is 27.7. The highest BCUT2D eigenvalue weighted by molar-refractivity contribution is 5.98. The van der Waals surface area contributed by atoms with Crippen LogP contribution in [0.4, 0.5) is 0 Å². The molecule has 0 saturated carbocycles. The average molecular weight is 290 g/mol. The number of hydrogen-bond acceptors (Lipinski definition) is 6. The van der Waals surface area contributed by atoms with Crippen LogP contribution in [0.2, 0.25) is 0 Å². The maximum atomic E-state index is 11.6. The van der Waals surface area contributed by atoms with E-state index in [2.05, 4.69) is 4.89 Å². The predicted molar refractivity (Wildman–Crippen MR) is 74.5 cm³/mol. The molecule has 0 amide bonds. The maximum Gasteiger partial charge on any atom is 0.373 e. The SMILES string of the molecule is COc1ccc(C(=O)OO)c(-c2cc(O)c(O)cc2C)c1. The highest BCUT2D eigenvalue weighted by Gasteiger charge is 2.18. The number of ether oxygens (including phenoxy) is 1. The molecule has 0 atom stereocenters. The van der Waals surface area contributed by atoms with Gasteiger partial charge in [0.25, 0.3) is 0 Å². The lowest BCUT2D eigenvalue weighted by atomic mass is 9.95. The number of aryl methyl sites for hydroxylation is 1. The number of hydrogen-bond donors (Lipinski definition) is 3. The number of phenols is 2. The zero-order valence-corrected chi connectivity index (χ0v) is 11.5. The van der Waals surface area contributed by atoms with E-state index in [1.807, 2.05) is 0 Å². The van der Waals surface area contributed by atoms with Gasteiger partial charge in [-0.3, -0.25) is 4.89 Å². The lowest BCUT2D eigenvalue weighted by molar-refractivity contribution is -0.182. The number of methoxy groups -OCH3 is 1. The summed E-state index contributed by atoms with van der Waals surface area (Å²) < 4.78 is 5.11. The summed E-state index contributed by atoms with van der Waals surface area (Å²) in [5.74, 6) is -1.02. The van der Waals surface area contributed by atoms with Crippen LogP contribution in [0.1, 0.15) is 15.9 Å². The normalized spacial score (nSPS) is 10.2. The first-order valence-electron chi connectivity index (χ1n) is 6.04. The maximum absolute atomic E-state index is 11.6. The number of carbonyl (C=O) groups excluding carboxylic acids is 1. The first kappa shape index (κ1) is 14.7. The molecule has 0 spiro atoms. The summed E-state index contributed by atoms with van der Waals surface area (Å²) in [6.45, 7) is 1.71. The van der Waals surface area contributed by atoms with Crippen molar-refractivity contribution in [3.63, 3.8) is 0 Å². The van der Waals surface area contributed by atoms with Crippen LogP contribution in [0.25, 0.3) is 11.1 Å². The fourth-order valence-electron chi connectivity index (χ4n) is 2.07. The third-order valence-corrected chi connectivity index (χ3v) is 3.14. The van der Waals surface area contributed by atoms with Crippen LogP contribution in [0.3, 0.4) is 0 Å². The Bertz CT molecular complexity index is 693. The Labute approximate surface area is 120 Å². The van der Waals surface area contributed by atoms with Gasteiger partial charge in [-0.15, -0.1) is 0 Å². The first-order valence-corrected chi connectivity index (χ1v) is 6.04. The van der Waals surface area contributed by atoms with Gasteiger partial charge in [-0.2, -0.15) is 5.26 Å². The molecular weight excluding hydrogens is 276 g/mol. The molecule has 2 rings (SSSR count). The highest BCUT2D eigenvalue weighted by Crippen LogP contribution is 2.37. The Morgan fingerprint density at radius 1 is 1.05 bits per heavy atom. The minimum absolute atomic E-state index is 0.103. The van der Waals surface area contributed by atoms with Crippen LogP contribution < -0.4 is 4.74 Å². The summed E-state index contributed by atoms with van der Waals surface area (Å²) >= 11 is 0. The molecule has 3 N–H and O–H groups in total. The molecule has 2 aromatic rings. The van der Waals surface area contributed by atoms with Crippen molar-refractivity contribution in [2.45, 2.75) is 6.92 Å². The van der Waals surface area contributed by atoms with Gasteiger partial charge in [-0.05, 0) is 48.4 Å². The molecule has 0 aliphatic carbocycles. The van der Waals surface area contributed by atoms with E-state index < -0.39 is 5.97 Å². The minimum Gasteiger partial charge on any atom is -0.504 e. The number of carbonyl (C=O) groups is 1. The molecule has 0 unspecified atom stereocenters. The molecule has 0 heterocycles. The van der Waals surface area contributed by atoms with E-state index in [-0.39, 0.29) is 17.1 Å². The molecule has 0 saturated heterocycles. The Morgan fingerprint density at radius 2 is 1.71 bits per heavy atom. The van der Waals surface area contributed by atoms with Gasteiger partial charge in [-0.25, -0.2) is 4.79 Å². The van der Waals surface area contributed by atoms with Crippen molar-refractivity contribution in [2.75, 3.05) is 7.11 Å². The number of rotatable bonds is 3. The van der Waals surface area contributed by atoms with Gasteiger partial charge in [0.1, 0.15) is 5.75 Å². The van der Waals surface area contributed by atoms with Gasteiger partial charge < -0.3 is 14.9 Å². The quantitative estimate of drug-likeness (QED) is 0.457. The lowest BCUT2D eigenvalue weighted by Gasteiger charge is -2.13. The number of benzene rings is 2. The van der Waals surface area contributed by atoms with Crippen LogP contribution in [-0.2, 0) is 4.89 Å². The molecule has 0 radical (unpaired) electrons. The van der Waals surface area contributed by atoms with E-state index in [0.29, 0.717) is 22.4 Å². The summed E-state index contributed by atoms with van der Waals surface area (Å²) in [4.78, 5) is 15.4. The molecule has 6 heteroatoms. The van der Waals surface area contributed by atoms with Crippen LogP contribution in [0, 0.1) is 6.92 Å². The Kier molecular flexibility index (Phi) is 4.00. The topological polar surface area (TPSA) is 96.2 Å². The number of phenolic OH excluding ortho intramolecular Hbond substituents is 2. The standard InChI is InChI=1S/C15H14O6/c1-8-5-13(16)14(17)7-11(8)12-6-9(20-2)3-4-10(12)15(18)21-19/h3-7,16-17,19H,1-2H3. The van der Waals surface area contributed by atoms with Crippen molar-refractivity contribution in [3.8, 4) is 28.4 Å². The monoisotopic (exact) mass is 290 g/mol. The summed E-state index contributed by atoms with van der Waals surface area (Å²) in [7, 11) is 1.48. The second kappa shape index (κ2) is 5.72. The van der Waals surface area contributed by atoms with Crippen LogP contribution in [0.5, 0.6) is 17.2 Å². The lowest BCUT2D eigenvalue weighted by Crippen LogP contribution is -2.04. The van der Waals surface area contributed by atoms with Crippen LogP contribution in [0.15, 0.2) is 30.3 Å². The molecule has 0 aliphatic rings. The molecule has 0 bridgehead atoms. The first-order chi connectivity index (χ1) is 9.97. The summed E-state index contributed by atoms with van der Waals surface area (Å²) in [6.07, 6.45) is 0. The van der Waals surface area contributed by atoms with E-state index in [1.54, 1.807) is 19.1 Å². The Morgan fingerprint density at radius 3 is 2.33 bits per heavy atom. The molecule has 6 nitrogen and oxygen atoms in total. The molecule has 110 valence electrons. The zero-order valence-electron chi connectivity index (χ0n) is 11.5. The fourth-order valence-corrected chi connectivity index (χ4v) is 2.07. The third kappa shape index (κ3) is 2.75. The fraction of sp³-hybridized carbons (Fsp3) is 0.133. The summed E-state index contributed by atoms with van der Waals surface area (Å²) in [5.41, 5.74) is 1.64. The van der Waals surface area contributed by atoms with E-state index in [9.17, 15) is 15.0 Å². The van der Waals surface area contributed by atoms with Crippen LogP contribution >= 0.6 is 0 Å². The molecule has 21 heavy (non-hydrogen) atoms. The predicted octanol–water partition coefficient (Wildman–Crippen LogP) is 2.71. The van der Waals surface area contributed by atoms with Gasteiger partial charge in [0.05, 0.1) is 12.7 Å². The zero-order chi connectivity index (χ0) is 15.6. The molecule has 0 aromatic heterocycles. The van der Waals surface area contributed by atoms with E-state index >= 15 is 0 Å². The van der Waals surface area contributed by atoms with Crippen molar-refractivity contribution >= 4 is 5.97 Å². The van der Waals surface area contributed by atoms with Crippen LogP contribution in [-0.4, -0.2) is 28.5 Å². The van der Waals surface area contributed by atoms with Crippen molar-refractivity contribution in [3.05, 3.63) is 41.5 Å². The third-order valence-electron chi connectivity index (χ3n) is 3.14. The second-order valence-electron chi connectivity index (χ2n) is 4.45. The average Bonchev–Trinajstić information content (AvgIpc) is 2.49. The highest BCUT2D eigenvalue weighted by atomic mass is 17.1. The van der Waals surface area contributed by atoms with Gasteiger partial charge >= 0.3 is 5.97 Å². The summed E-state index contributed by atoms with van der Waals surface area (Å²) in [6, 6.07) is 7.26. The van der Waals surface area contributed by atoms with E-state index in [1.165, 1.54) is 25.3 Å². The van der Waals surface area contributed by atoms with Crippen molar-refractivity contribution in [1.29, 1.82) is 0 Å². The Hall–Kier alpha value is -2.73. The van der Waals surface area contributed by atoms with Gasteiger partial charge in [0.2, 0.25) is 0 Å². The molecule has 2 aromatic carbocycles. The van der Waals surface area contributed by atoms with Gasteiger partial charge in [0.15, 0.2) is 11.5 Å². The van der Waals surface area contributed by atoms with E-state index in [4.69, 9.17) is 9.99 Å². The van der Waals surface area contributed by atoms with Gasteiger partial charge in [-0.1, -0.05) is 0 Å². The smallest absolute Gasteiger partial charge is 0.373 e. The minimum atomic E-state index is -0.931. The molecular formula is C15H14O6. The number of aromatic hydroxyl groups is 2. The Balaban J connectivity index is 2.71. The van der Waals surface area contributed by atoms with Crippen molar-refractivity contribution in [1.82, 2.24) is 0 Å². The van der Waals surface area contributed by atoms with Crippen molar-refractivity contribution in [2.24, 2.45) is 0 Å².